The second-order valence-electron chi connectivity index (χ2n) is 24.8. The van der Waals surface area contributed by atoms with Crippen molar-refractivity contribution in [3.05, 3.63) is 38.0 Å². The van der Waals surface area contributed by atoms with E-state index >= 15 is 0 Å². The summed E-state index contributed by atoms with van der Waals surface area (Å²) in [6.07, 6.45) is 10.6. The minimum Gasteiger partial charge on any atom is -0.464 e. The number of anilines is 3. The van der Waals surface area contributed by atoms with Crippen LogP contribution in [0.5, 0.6) is 0 Å². The predicted octanol–water partition coefficient (Wildman–Crippen LogP) is 6.75. The van der Waals surface area contributed by atoms with Crippen LogP contribution in [-0.4, -0.2) is 209 Å². The number of hydrogen-bond acceptors (Lipinski definition) is 33. The summed E-state index contributed by atoms with van der Waals surface area (Å²) in [6.45, 7) is -10.8. The Labute approximate surface area is 596 Å². The van der Waals surface area contributed by atoms with Crippen molar-refractivity contribution in [1.82, 2.24) is 58.6 Å². The number of rotatable bonds is 45. The number of fused-ring (bicyclic) bond motifs is 3. The van der Waals surface area contributed by atoms with Crippen LogP contribution in [0.2, 0.25) is 0 Å². The van der Waals surface area contributed by atoms with Gasteiger partial charge in [0.15, 0.2) is 53.1 Å². The maximum atomic E-state index is 13.8. The minimum absolute atomic E-state index is 0.00248. The molecule has 37 nitrogen and oxygen atoms in total. The van der Waals surface area contributed by atoms with Crippen molar-refractivity contribution >= 4 is 120 Å². The van der Waals surface area contributed by atoms with Crippen LogP contribution in [0.4, 0.5) is 17.5 Å². The molecule has 44 heteroatoms. The topological polar surface area (TPSA) is 501 Å². The molecule has 3 aliphatic heterocycles. The maximum Gasteiger partial charge on any atom is 0.472 e. The molecule has 0 bridgehead atoms. The van der Waals surface area contributed by atoms with Gasteiger partial charge in [-0.2, -0.15) is 0 Å². The largest absolute Gasteiger partial charge is 0.472 e. The van der Waals surface area contributed by atoms with E-state index in [0.717, 1.165) is 25.6 Å². The Bertz CT molecular complexity index is 3860. The van der Waals surface area contributed by atoms with Gasteiger partial charge in [-0.05, 0) is 61.7 Å². The van der Waals surface area contributed by atoms with E-state index in [1.54, 1.807) is 0 Å². The van der Waals surface area contributed by atoms with Gasteiger partial charge in [-0.1, -0.05) is 96.8 Å². The molecule has 3 aliphatic rings. The molecular formula is C57H91N15O22P4S3. The van der Waals surface area contributed by atoms with Crippen LogP contribution in [-0.2, 0) is 97.6 Å². The summed E-state index contributed by atoms with van der Waals surface area (Å²) in [7, 11) is -3.48. The Balaban J connectivity index is 0.797. The fraction of sp³-hybridized carbons (Fsp3) is 0.719. The molecule has 3 fully saturated rings. The predicted molar refractivity (Wildman–Crippen MR) is 373 cm³/mol. The van der Waals surface area contributed by atoms with Crippen LogP contribution in [0, 0.1) is 5.41 Å². The first-order chi connectivity index (χ1) is 48.3. The fourth-order valence-electron chi connectivity index (χ4n) is 11.8. The van der Waals surface area contributed by atoms with Crippen molar-refractivity contribution in [3.63, 3.8) is 0 Å². The Morgan fingerprint density at radius 3 is 1.64 bits per heavy atom. The number of aliphatic hydroxyl groups excluding tert-OH is 2. The van der Waals surface area contributed by atoms with Crippen molar-refractivity contribution in [2.45, 2.75) is 191 Å². The lowest BCUT2D eigenvalue weighted by molar-refractivity contribution is -0.153. The number of nitrogens with two attached hydrogens (primary N) is 3. The molecule has 15 atom stereocenters. The molecule has 9 heterocycles. The summed E-state index contributed by atoms with van der Waals surface area (Å²) in [5.41, 5.74) is 18.6. The average molecular weight is 1560 g/mol. The molecular weight excluding hydrogens is 1470 g/mol. The Morgan fingerprint density at radius 1 is 0.604 bits per heavy atom. The summed E-state index contributed by atoms with van der Waals surface area (Å²) in [4.78, 5) is 96.0. The molecule has 0 radical (unpaired) electrons. The number of esters is 1. The molecule has 6 aromatic heterocycles. The monoisotopic (exact) mass is 1560 g/mol. The molecule has 101 heavy (non-hydrogen) atoms. The Morgan fingerprint density at radius 2 is 1.10 bits per heavy atom. The molecule has 0 amide bonds. The van der Waals surface area contributed by atoms with E-state index in [2.05, 4.69) is 51.8 Å². The van der Waals surface area contributed by atoms with Gasteiger partial charge in [-0.15, -0.1) is 0 Å². The summed E-state index contributed by atoms with van der Waals surface area (Å²) < 4.78 is 107. The standard InChI is InChI=1S/C57H91N15O22P4S3/c1-5-6-7-8-9-10-11-12-13-14-15-16-17-18-20-57(2,3)56(75)84-25-26-101-96(78,79)92-38-27-85-53(70-33-67-39-47(58)61-30-64-50(39)70)44(38)83-22-19-23-87-97(80,99)93-45-42(74)36(90-54(45)71-34-68-40-48(59)62-31-65-51(40)71)28-89-98(81,100)94-46-43(82-4)37(29-88-95(76,77)86-24-21-73)91-55(46)72-35-69-41-49(60)63-32-66-52(41)72/h30-38,42-46,53-55,73-74H,5-29H2,1-4H3,(H,76,77)(H,78,79)(H,80,99)(H,81,100)(H2,58,61,64)(H2,59,62,65)(H2,60,63,66)/t36-,37-,38+,42+,43+,44?,45?,46?,53-,54-,55-,97?,98?/m1/s1. The number of methoxy groups -OCH3 is 1. The van der Waals surface area contributed by atoms with Gasteiger partial charge in [0.1, 0.15) is 91.0 Å². The van der Waals surface area contributed by atoms with E-state index in [-0.39, 0.29) is 89.5 Å². The van der Waals surface area contributed by atoms with E-state index in [9.17, 15) is 38.6 Å². The quantitative estimate of drug-likeness (QED) is 0.0108. The zero-order valence-electron chi connectivity index (χ0n) is 56.3. The van der Waals surface area contributed by atoms with Gasteiger partial charge in [0.25, 0.3) is 0 Å². The highest BCUT2D eigenvalue weighted by Crippen LogP contribution is 2.58. The number of nitrogen functional groups attached to an aromatic ring is 3. The van der Waals surface area contributed by atoms with Crippen LogP contribution in [0.25, 0.3) is 33.5 Å². The van der Waals surface area contributed by atoms with Crippen LogP contribution in [0.1, 0.15) is 142 Å². The van der Waals surface area contributed by atoms with E-state index in [4.69, 9.17) is 106 Å². The first-order valence-corrected chi connectivity index (χ1v) is 43.0. The molecule has 6 aromatic rings. The minimum atomic E-state index is -4.74. The van der Waals surface area contributed by atoms with Crippen LogP contribution in [0.15, 0.2) is 38.0 Å². The summed E-state index contributed by atoms with van der Waals surface area (Å²) in [5.74, 6) is -0.363. The normalized spacial score (nSPS) is 25.1. The van der Waals surface area contributed by atoms with E-state index < -0.39 is 133 Å². The van der Waals surface area contributed by atoms with Gasteiger partial charge in [-0.3, -0.25) is 41.1 Å². The third-order valence-corrected chi connectivity index (χ3v) is 24.1. The van der Waals surface area contributed by atoms with Crippen molar-refractivity contribution in [2.24, 2.45) is 5.41 Å². The lowest BCUT2D eigenvalue weighted by Crippen LogP contribution is -2.37. The number of ether oxygens (including phenoxy) is 6. The number of phosphoric ester groups is 1. The maximum absolute atomic E-state index is 13.8. The number of nitrogens with zero attached hydrogens (tertiary/aromatic N) is 12. The molecule has 12 N–H and O–H groups in total. The lowest BCUT2D eigenvalue weighted by atomic mass is 9.87. The van der Waals surface area contributed by atoms with Gasteiger partial charge in [0.05, 0.1) is 64.0 Å². The van der Waals surface area contributed by atoms with E-state index in [0.29, 0.717) is 17.8 Å². The molecule has 7 unspecified atom stereocenters. The fourth-order valence-corrected chi connectivity index (χ4v) is 17.8. The molecule has 0 aliphatic carbocycles. The van der Waals surface area contributed by atoms with Crippen molar-refractivity contribution in [3.8, 4) is 0 Å². The van der Waals surface area contributed by atoms with E-state index in [1.807, 2.05) is 13.8 Å². The summed E-state index contributed by atoms with van der Waals surface area (Å²) in [6, 6.07) is 0. The smallest absolute Gasteiger partial charge is 0.464 e. The molecule has 0 spiro atoms. The zero-order valence-corrected chi connectivity index (χ0v) is 62.3. The third-order valence-electron chi connectivity index (χ3n) is 17.0. The van der Waals surface area contributed by atoms with Crippen LogP contribution < -0.4 is 17.2 Å². The zero-order chi connectivity index (χ0) is 72.5. The molecule has 3 saturated heterocycles. The average Bonchev–Trinajstić information content (AvgIpc) is 1.64. The van der Waals surface area contributed by atoms with Crippen molar-refractivity contribution in [2.75, 3.05) is 82.9 Å². The first-order valence-electron chi connectivity index (χ1n) is 33.2. The highest BCUT2D eigenvalue weighted by Gasteiger charge is 2.53. The highest BCUT2D eigenvalue weighted by molar-refractivity contribution is 8.54. The van der Waals surface area contributed by atoms with Gasteiger partial charge < -0.3 is 84.5 Å². The number of aliphatic hydroxyl groups is 2. The highest BCUT2D eigenvalue weighted by atomic mass is 32.7. The first kappa shape index (κ1) is 81.0. The van der Waals surface area contributed by atoms with Gasteiger partial charge in [0, 0.05) is 19.5 Å². The number of unbranched alkanes of at least 4 members (excludes halogenated alkanes) is 13. The number of aromatic nitrogens is 12. The lowest BCUT2D eigenvalue weighted by Gasteiger charge is -2.28. The second-order valence-corrected chi connectivity index (χ2v) is 35.8. The molecule has 9 rings (SSSR count). The molecule has 0 saturated carbocycles. The Kier molecular flexibility index (Phi) is 30.0. The number of imidazole rings is 3. The number of carbonyl (C=O) groups is 1. The van der Waals surface area contributed by atoms with Crippen molar-refractivity contribution < 1.29 is 104 Å². The van der Waals surface area contributed by atoms with E-state index in [1.165, 1.54) is 123 Å². The number of hydrogen-bond donors (Lipinski definition) is 9. The van der Waals surface area contributed by atoms with Gasteiger partial charge >= 0.3 is 34.0 Å². The van der Waals surface area contributed by atoms with Crippen molar-refractivity contribution in [1.29, 1.82) is 0 Å². The summed E-state index contributed by atoms with van der Waals surface area (Å²) in [5, 5.41) is 21.2. The number of phosphoric acid groups is 1. The Hall–Kier alpha value is -4.09. The molecule has 564 valence electrons. The second kappa shape index (κ2) is 37.4. The third kappa shape index (κ3) is 22.0. The van der Waals surface area contributed by atoms with Crippen LogP contribution in [0.3, 0.4) is 0 Å². The van der Waals surface area contributed by atoms with Gasteiger partial charge in [0.2, 0.25) is 0 Å². The SMILES string of the molecule is CCCCCCCCCCCCCCCCC(C)(C)C(=O)OCCSP(=O)(O)O[C@H]1CO[C@@H](n2cnc3c(N)ncnc32)C1OCCCOP(O)(=S)OC1[C@@H](O)[C@@H](COP(O)(=S)OC2[C@@H](OC)[C@@H](COP(=O)(O)OCCO)O[C@H]2n2cnc3c(N)ncnc32)O[C@H]1n1cnc2c(N)ncnc21. The number of carbonyl (C=O) groups excluding carboxylic acids is 1. The molecule has 0 aromatic carbocycles. The summed E-state index contributed by atoms with van der Waals surface area (Å²) >= 11 is 11.6. The van der Waals surface area contributed by atoms with Crippen LogP contribution >= 0.6 is 39.4 Å². The van der Waals surface area contributed by atoms with Gasteiger partial charge in [-0.25, -0.2) is 54.0 Å².